The number of rotatable bonds is 6. The number of carbonyl (C=O) groups excluding carboxylic acids is 2. The maximum absolute atomic E-state index is 12.3. The lowest BCUT2D eigenvalue weighted by atomic mass is 10.1. The largest absolute Gasteiger partial charge is 0.496 e. The standard InChI is InChI=1S/C15H18O6/c1-9(21-10(2)16)6-12(17)15-13(19-4)7-11(18-3)8-14(15)20-5/h6-8H,1-5H3/b9-6+. The Morgan fingerprint density at radius 3 is 1.86 bits per heavy atom. The highest BCUT2D eigenvalue weighted by atomic mass is 16.5. The van der Waals surface area contributed by atoms with Gasteiger partial charge < -0.3 is 18.9 Å². The van der Waals surface area contributed by atoms with E-state index in [1.807, 2.05) is 0 Å². The van der Waals surface area contributed by atoms with Crippen LogP contribution >= 0.6 is 0 Å². The first kappa shape index (κ1) is 16.6. The van der Waals surface area contributed by atoms with E-state index < -0.39 is 11.8 Å². The molecule has 0 fully saturated rings. The number of esters is 1. The minimum atomic E-state index is -0.495. The SMILES string of the molecule is COc1cc(OC)c(C(=O)/C=C(\C)OC(C)=O)c(OC)c1. The molecule has 0 aromatic heterocycles. The highest BCUT2D eigenvalue weighted by Crippen LogP contribution is 2.34. The molecule has 114 valence electrons. The summed E-state index contributed by atoms with van der Waals surface area (Å²) in [7, 11) is 4.38. The van der Waals surface area contributed by atoms with Gasteiger partial charge in [-0.3, -0.25) is 9.59 Å². The van der Waals surface area contributed by atoms with Crippen LogP contribution in [0.3, 0.4) is 0 Å². The van der Waals surface area contributed by atoms with Crippen molar-refractivity contribution in [1.82, 2.24) is 0 Å². The Hall–Kier alpha value is -2.50. The van der Waals surface area contributed by atoms with Gasteiger partial charge in [-0.2, -0.15) is 0 Å². The molecule has 1 aromatic rings. The van der Waals surface area contributed by atoms with Crippen molar-refractivity contribution in [1.29, 1.82) is 0 Å². The molecule has 1 aromatic carbocycles. The molecule has 0 saturated heterocycles. The smallest absolute Gasteiger partial charge is 0.307 e. The third-order valence-electron chi connectivity index (χ3n) is 2.60. The molecule has 6 heteroatoms. The van der Waals surface area contributed by atoms with E-state index in [4.69, 9.17) is 18.9 Å². The second-order valence-electron chi connectivity index (χ2n) is 4.12. The normalized spacial score (nSPS) is 10.8. The molecule has 0 heterocycles. The van der Waals surface area contributed by atoms with Crippen molar-refractivity contribution >= 4 is 11.8 Å². The van der Waals surface area contributed by atoms with E-state index in [1.165, 1.54) is 41.3 Å². The number of benzene rings is 1. The lowest BCUT2D eigenvalue weighted by Gasteiger charge is -2.13. The van der Waals surface area contributed by atoms with E-state index in [0.29, 0.717) is 17.2 Å². The van der Waals surface area contributed by atoms with Crippen LogP contribution in [-0.2, 0) is 9.53 Å². The lowest BCUT2D eigenvalue weighted by Crippen LogP contribution is -2.05. The Kier molecular flexibility index (Phi) is 5.78. The maximum Gasteiger partial charge on any atom is 0.307 e. The highest BCUT2D eigenvalue weighted by molar-refractivity contribution is 6.09. The summed E-state index contributed by atoms with van der Waals surface area (Å²) in [4.78, 5) is 23.2. The third-order valence-corrected chi connectivity index (χ3v) is 2.60. The van der Waals surface area contributed by atoms with Crippen LogP contribution in [-0.4, -0.2) is 33.1 Å². The van der Waals surface area contributed by atoms with Crippen LogP contribution < -0.4 is 14.2 Å². The molecule has 0 aliphatic carbocycles. The van der Waals surface area contributed by atoms with Crippen LogP contribution in [0.2, 0.25) is 0 Å². The highest BCUT2D eigenvalue weighted by Gasteiger charge is 2.19. The molecular formula is C15H18O6. The summed E-state index contributed by atoms with van der Waals surface area (Å²) in [5.41, 5.74) is 0.229. The van der Waals surface area contributed by atoms with E-state index in [9.17, 15) is 9.59 Å². The van der Waals surface area contributed by atoms with Gasteiger partial charge in [0.2, 0.25) is 0 Å². The molecule has 0 aliphatic rings. The average molecular weight is 294 g/mol. The van der Waals surface area contributed by atoms with Crippen molar-refractivity contribution in [2.45, 2.75) is 13.8 Å². The molecule has 6 nitrogen and oxygen atoms in total. The molecule has 0 saturated carbocycles. The van der Waals surface area contributed by atoms with E-state index in [-0.39, 0.29) is 11.3 Å². The topological polar surface area (TPSA) is 71.1 Å². The maximum atomic E-state index is 12.3. The second-order valence-corrected chi connectivity index (χ2v) is 4.12. The van der Waals surface area contributed by atoms with Gasteiger partial charge in [-0.1, -0.05) is 0 Å². The number of allylic oxidation sites excluding steroid dienone is 2. The van der Waals surface area contributed by atoms with E-state index in [0.717, 1.165) is 0 Å². The van der Waals surface area contributed by atoms with E-state index in [1.54, 1.807) is 12.1 Å². The molecule has 0 atom stereocenters. The number of hydrogen-bond acceptors (Lipinski definition) is 6. The van der Waals surface area contributed by atoms with E-state index >= 15 is 0 Å². The zero-order chi connectivity index (χ0) is 16.0. The Labute approximate surface area is 123 Å². The molecule has 21 heavy (non-hydrogen) atoms. The van der Waals surface area contributed by atoms with Crippen LogP contribution in [0.4, 0.5) is 0 Å². The fourth-order valence-electron chi connectivity index (χ4n) is 1.76. The Balaban J connectivity index is 3.27. The summed E-state index contributed by atoms with van der Waals surface area (Å²) in [6.07, 6.45) is 1.20. The molecule has 0 spiro atoms. The van der Waals surface area contributed by atoms with Gasteiger partial charge in [0.1, 0.15) is 28.6 Å². The third kappa shape index (κ3) is 4.24. The van der Waals surface area contributed by atoms with Crippen LogP contribution in [0.25, 0.3) is 0 Å². The molecule has 1 rings (SSSR count). The van der Waals surface area contributed by atoms with Crippen LogP contribution in [0.1, 0.15) is 24.2 Å². The second kappa shape index (κ2) is 7.33. The van der Waals surface area contributed by atoms with Gasteiger partial charge in [0.05, 0.1) is 21.3 Å². The molecule has 0 N–H and O–H groups in total. The fraction of sp³-hybridized carbons (Fsp3) is 0.333. The molecular weight excluding hydrogens is 276 g/mol. The Morgan fingerprint density at radius 2 is 1.48 bits per heavy atom. The summed E-state index contributed by atoms with van der Waals surface area (Å²) in [6.45, 7) is 2.78. The number of carbonyl (C=O) groups is 2. The summed E-state index contributed by atoms with van der Waals surface area (Å²) in [5, 5.41) is 0. The van der Waals surface area contributed by atoms with Gasteiger partial charge in [0, 0.05) is 25.1 Å². The quantitative estimate of drug-likeness (QED) is 0.347. The first-order chi connectivity index (χ1) is 9.92. The first-order valence-corrected chi connectivity index (χ1v) is 6.14. The van der Waals surface area contributed by atoms with Gasteiger partial charge in [-0.05, 0) is 6.92 Å². The summed E-state index contributed by atoms with van der Waals surface area (Å²) in [5.74, 6) is 0.412. The molecule has 0 radical (unpaired) electrons. The van der Waals surface area contributed by atoms with Crippen molar-refractivity contribution in [3.8, 4) is 17.2 Å². The Bertz CT molecular complexity index is 549. The summed E-state index contributed by atoms with van der Waals surface area (Å²) in [6, 6.07) is 3.15. The van der Waals surface area contributed by atoms with Crippen molar-refractivity contribution in [2.75, 3.05) is 21.3 Å². The molecule has 0 unspecified atom stereocenters. The van der Waals surface area contributed by atoms with Crippen LogP contribution in [0.5, 0.6) is 17.2 Å². The predicted molar refractivity (Wildman–Crippen MR) is 76.0 cm³/mol. The number of hydrogen-bond donors (Lipinski definition) is 0. The Morgan fingerprint density at radius 1 is 0.952 bits per heavy atom. The molecule has 0 aliphatic heterocycles. The lowest BCUT2D eigenvalue weighted by molar-refractivity contribution is -0.136. The number of ether oxygens (including phenoxy) is 4. The summed E-state index contributed by atoms with van der Waals surface area (Å²) < 4.78 is 20.3. The zero-order valence-corrected chi connectivity index (χ0v) is 12.7. The minimum absolute atomic E-state index is 0.187. The average Bonchev–Trinajstić information content (AvgIpc) is 2.44. The van der Waals surface area contributed by atoms with Crippen LogP contribution in [0, 0.1) is 0 Å². The van der Waals surface area contributed by atoms with Gasteiger partial charge in [0.25, 0.3) is 0 Å². The first-order valence-electron chi connectivity index (χ1n) is 6.14. The van der Waals surface area contributed by atoms with Crippen molar-refractivity contribution in [2.24, 2.45) is 0 Å². The molecule has 0 amide bonds. The van der Waals surface area contributed by atoms with E-state index in [2.05, 4.69) is 0 Å². The number of methoxy groups -OCH3 is 3. The van der Waals surface area contributed by atoms with Gasteiger partial charge >= 0.3 is 5.97 Å². The van der Waals surface area contributed by atoms with Gasteiger partial charge in [-0.25, -0.2) is 0 Å². The zero-order valence-electron chi connectivity index (χ0n) is 12.7. The summed E-state index contributed by atoms with van der Waals surface area (Å²) >= 11 is 0. The van der Waals surface area contributed by atoms with Crippen LogP contribution in [0.15, 0.2) is 24.0 Å². The van der Waals surface area contributed by atoms with Gasteiger partial charge in [-0.15, -0.1) is 0 Å². The number of ketones is 1. The van der Waals surface area contributed by atoms with Crippen molar-refractivity contribution < 1.29 is 28.5 Å². The minimum Gasteiger partial charge on any atom is -0.496 e. The predicted octanol–water partition coefficient (Wildman–Crippen LogP) is 2.36. The van der Waals surface area contributed by atoms with Gasteiger partial charge in [0.15, 0.2) is 5.78 Å². The monoisotopic (exact) mass is 294 g/mol. The fourth-order valence-corrected chi connectivity index (χ4v) is 1.76. The van der Waals surface area contributed by atoms with Crippen molar-refractivity contribution in [3.05, 3.63) is 29.5 Å². The molecule has 0 bridgehead atoms. The van der Waals surface area contributed by atoms with Crippen molar-refractivity contribution in [3.63, 3.8) is 0 Å².